The molecular formula is C21H22F3N5O3S2. The van der Waals surface area contributed by atoms with E-state index < -0.39 is 27.3 Å². The maximum absolute atomic E-state index is 14.8. The van der Waals surface area contributed by atoms with Gasteiger partial charge in [0.15, 0.2) is 5.82 Å². The van der Waals surface area contributed by atoms with E-state index in [4.69, 9.17) is 0 Å². The van der Waals surface area contributed by atoms with Gasteiger partial charge in [0.25, 0.3) is 10.0 Å². The van der Waals surface area contributed by atoms with E-state index >= 15 is 0 Å². The van der Waals surface area contributed by atoms with Gasteiger partial charge >= 0.3 is 6.61 Å². The number of nitrogens with zero attached hydrogens (tertiary/aromatic N) is 2. The molecule has 4 rings (SSSR count). The van der Waals surface area contributed by atoms with Gasteiger partial charge in [0, 0.05) is 36.3 Å². The average Bonchev–Trinajstić information content (AvgIpc) is 3.46. The number of hydrogen-bond acceptors (Lipinski definition) is 8. The molecule has 0 saturated carbocycles. The third-order valence-electron chi connectivity index (χ3n) is 5.30. The van der Waals surface area contributed by atoms with E-state index in [1.165, 1.54) is 40.4 Å². The fourth-order valence-corrected chi connectivity index (χ4v) is 5.30. The summed E-state index contributed by atoms with van der Waals surface area (Å²) in [6.07, 6.45) is 0.864. The molecule has 0 aliphatic carbocycles. The zero-order chi connectivity index (χ0) is 24.3. The highest BCUT2D eigenvalue weighted by atomic mass is 32.2. The molecule has 34 heavy (non-hydrogen) atoms. The Kier molecular flexibility index (Phi) is 7.14. The van der Waals surface area contributed by atoms with E-state index in [2.05, 4.69) is 25.1 Å². The van der Waals surface area contributed by atoms with E-state index in [1.807, 2.05) is 11.9 Å². The molecular weight excluding hydrogens is 491 g/mol. The molecule has 1 saturated heterocycles. The van der Waals surface area contributed by atoms with Crippen molar-refractivity contribution in [3.05, 3.63) is 53.1 Å². The number of aromatic nitrogens is 1. The third kappa shape index (κ3) is 5.54. The van der Waals surface area contributed by atoms with E-state index in [9.17, 15) is 21.6 Å². The normalized spacial score (nSPS) is 16.1. The molecule has 0 bridgehead atoms. The molecule has 1 unspecified atom stereocenters. The number of alkyl halides is 2. The number of sulfonamides is 1. The lowest BCUT2D eigenvalue weighted by Gasteiger charge is -2.24. The Morgan fingerprint density at radius 3 is 2.71 bits per heavy atom. The number of thiazole rings is 1. The van der Waals surface area contributed by atoms with Crippen molar-refractivity contribution in [1.29, 1.82) is 0 Å². The number of anilines is 4. The summed E-state index contributed by atoms with van der Waals surface area (Å²) in [5.74, 6) is -0.847. The van der Waals surface area contributed by atoms with Crippen molar-refractivity contribution in [2.75, 3.05) is 35.1 Å². The Hall–Kier alpha value is -3.03. The lowest BCUT2D eigenvalue weighted by molar-refractivity contribution is -0.0498. The first-order chi connectivity index (χ1) is 16.2. The number of hydrogen-bond donors (Lipinski definition) is 3. The summed E-state index contributed by atoms with van der Waals surface area (Å²) < 4.78 is 72.0. The van der Waals surface area contributed by atoms with Crippen LogP contribution in [0, 0.1) is 5.82 Å². The van der Waals surface area contributed by atoms with Crippen molar-refractivity contribution in [1.82, 2.24) is 10.3 Å². The van der Waals surface area contributed by atoms with Crippen molar-refractivity contribution in [2.24, 2.45) is 0 Å². The molecule has 182 valence electrons. The summed E-state index contributed by atoms with van der Waals surface area (Å²) in [4.78, 5) is 5.32. The van der Waals surface area contributed by atoms with Gasteiger partial charge in [0.1, 0.15) is 16.5 Å². The van der Waals surface area contributed by atoms with Gasteiger partial charge in [-0.25, -0.2) is 17.8 Å². The minimum atomic E-state index is -4.16. The quantitative estimate of drug-likeness (QED) is 0.394. The van der Waals surface area contributed by atoms with Gasteiger partial charge in [-0.05, 0) is 43.8 Å². The second kappa shape index (κ2) is 10.1. The molecule has 3 aromatic rings. The molecule has 0 spiro atoms. The summed E-state index contributed by atoms with van der Waals surface area (Å²) >= 11 is 1.20. The van der Waals surface area contributed by atoms with Gasteiger partial charge < -0.3 is 20.3 Å². The molecule has 3 N–H and O–H groups in total. The smallest absolute Gasteiger partial charge is 0.387 e. The standard InChI is InChI=1S/C21H22F3N5O3S2/c1-25-14-6-7-29(10-14)18-9-15(32-21(23)24)3-4-17(18)27-13-2-5-19(16(22)8-13)34(30,31)28-20-11-33-12-26-20/h2-5,8-9,11-12,14,21,25,27-28H,6-7,10H2,1H3. The minimum absolute atomic E-state index is 0.00388. The number of ether oxygens (including phenoxy) is 1. The Bertz CT molecular complexity index is 1240. The van der Waals surface area contributed by atoms with E-state index in [-0.39, 0.29) is 17.6 Å². The number of likely N-dealkylation sites (N-methyl/N-ethyl adjacent to an activating group) is 1. The molecule has 1 aliphatic rings. The van der Waals surface area contributed by atoms with Gasteiger partial charge in [-0.2, -0.15) is 8.78 Å². The Morgan fingerprint density at radius 1 is 1.24 bits per heavy atom. The molecule has 0 radical (unpaired) electrons. The molecule has 1 aromatic heterocycles. The van der Waals surface area contributed by atoms with Crippen LogP contribution in [0.15, 0.2) is 52.2 Å². The largest absolute Gasteiger partial charge is 0.435 e. The van der Waals surface area contributed by atoms with Crippen LogP contribution in [0.2, 0.25) is 0 Å². The second-order valence-corrected chi connectivity index (χ2v) is 9.90. The Morgan fingerprint density at radius 2 is 2.06 bits per heavy atom. The number of benzene rings is 2. The highest BCUT2D eigenvalue weighted by Crippen LogP contribution is 2.35. The van der Waals surface area contributed by atoms with Crippen LogP contribution in [0.3, 0.4) is 0 Å². The molecule has 1 fully saturated rings. The predicted octanol–water partition coefficient (Wildman–Crippen LogP) is 4.23. The lowest BCUT2D eigenvalue weighted by Crippen LogP contribution is -2.29. The van der Waals surface area contributed by atoms with E-state index in [1.54, 1.807) is 6.07 Å². The first kappa shape index (κ1) is 24.1. The highest BCUT2D eigenvalue weighted by molar-refractivity contribution is 7.92. The zero-order valence-electron chi connectivity index (χ0n) is 18.0. The maximum atomic E-state index is 14.8. The summed E-state index contributed by atoms with van der Waals surface area (Å²) in [6.45, 7) is -1.62. The van der Waals surface area contributed by atoms with Gasteiger partial charge in [-0.1, -0.05) is 0 Å². The second-order valence-electron chi connectivity index (χ2n) is 7.53. The van der Waals surface area contributed by atoms with Crippen molar-refractivity contribution in [2.45, 2.75) is 24.0 Å². The van der Waals surface area contributed by atoms with Crippen LogP contribution < -0.4 is 25.0 Å². The van der Waals surface area contributed by atoms with Crippen LogP contribution >= 0.6 is 11.3 Å². The summed E-state index contributed by atoms with van der Waals surface area (Å²) in [6, 6.07) is 8.31. The monoisotopic (exact) mass is 513 g/mol. The van der Waals surface area contributed by atoms with Gasteiger partial charge in [-0.15, -0.1) is 11.3 Å². The predicted molar refractivity (Wildman–Crippen MR) is 125 cm³/mol. The Balaban J connectivity index is 1.59. The summed E-state index contributed by atoms with van der Waals surface area (Å²) in [5.41, 5.74) is 2.89. The van der Waals surface area contributed by atoms with Crippen LogP contribution in [0.5, 0.6) is 5.75 Å². The van der Waals surface area contributed by atoms with Crippen LogP contribution in [-0.4, -0.2) is 46.2 Å². The van der Waals surface area contributed by atoms with E-state index in [0.29, 0.717) is 30.2 Å². The highest BCUT2D eigenvalue weighted by Gasteiger charge is 2.25. The van der Waals surface area contributed by atoms with Crippen molar-refractivity contribution in [3.8, 4) is 5.75 Å². The van der Waals surface area contributed by atoms with Crippen molar-refractivity contribution < 1.29 is 26.3 Å². The molecule has 0 amide bonds. The van der Waals surface area contributed by atoms with E-state index in [0.717, 1.165) is 18.6 Å². The molecule has 8 nitrogen and oxygen atoms in total. The maximum Gasteiger partial charge on any atom is 0.387 e. The van der Waals surface area contributed by atoms with Crippen LogP contribution in [-0.2, 0) is 10.0 Å². The number of nitrogens with one attached hydrogen (secondary N) is 3. The van der Waals surface area contributed by atoms with Crippen LogP contribution in [0.1, 0.15) is 6.42 Å². The topological polar surface area (TPSA) is 95.6 Å². The molecule has 1 aliphatic heterocycles. The average molecular weight is 514 g/mol. The Labute approximate surface area is 198 Å². The number of rotatable bonds is 9. The van der Waals surface area contributed by atoms with Gasteiger partial charge in [-0.3, -0.25) is 4.72 Å². The van der Waals surface area contributed by atoms with Gasteiger partial charge in [0.2, 0.25) is 0 Å². The molecule has 2 heterocycles. The fraction of sp³-hybridized carbons (Fsp3) is 0.286. The summed E-state index contributed by atoms with van der Waals surface area (Å²) in [7, 11) is -2.31. The molecule has 2 aromatic carbocycles. The SMILES string of the molecule is CNC1CCN(c2cc(OC(F)F)ccc2Nc2ccc(S(=O)(=O)Nc3cscn3)c(F)c2)C1. The minimum Gasteiger partial charge on any atom is -0.435 e. The molecule has 1 atom stereocenters. The summed E-state index contributed by atoms with van der Waals surface area (Å²) in [5, 5.41) is 7.74. The van der Waals surface area contributed by atoms with Crippen molar-refractivity contribution >= 4 is 44.2 Å². The van der Waals surface area contributed by atoms with Gasteiger partial charge in [0.05, 0.1) is 16.9 Å². The van der Waals surface area contributed by atoms with Crippen LogP contribution in [0.4, 0.5) is 36.1 Å². The van der Waals surface area contributed by atoms with Crippen molar-refractivity contribution in [3.63, 3.8) is 0 Å². The lowest BCUT2D eigenvalue weighted by atomic mass is 10.2. The molecule has 13 heteroatoms. The van der Waals surface area contributed by atoms with Crippen LogP contribution in [0.25, 0.3) is 0 Å². The third-order valence-corrected chi connectivity index (χ3v) is 7.28. The first-order valence-electron chi connectivity index (χ1n) is 10.2. The fourth-order valence-electron chi connectivity index (χ4n) is 3.68. The first-order valence-corrected chi connectivity index (χ1v) is 12.7. The zero-order valence-corrected chi connectivity index (χ0v) is 19.6. The number of halogens is 3.